The van der Waals surface area contributed by atoms with Gasteiger partial charge < -0.3 is 21.1 Å². The van der Waals surface area contributed by atoms with Crippen LogP contribution < -0.4 is 11.1 Å². The summed E-state index contributed by atoms with van der Waals surface area (Å²) in [4.78, 5) is 13.2. The van der Waals surface area contributed by atoms with Crippen molar-refractivity contribution in [1.29, 1.82) is 0 Å². The highest BCUT2D eigenvalue weighted by Crippen LogP contribution is 2.21. The number of nitrogens with two attached hydrogens (primary N) is 1. The van der Waals surface area contributed by atoms with Crippen molar-refractivity contribution in [2.24, 2.45) is 0 Å². The fraction of sp³-hybridized carbons (Fsp3) is 0.462. The molecule has 1 aliphatic rings. The lowest BCUT2D eigenvalue weighted by Gasteiger charge is -2.30. The average Bonchev–Trinajstić information content (AvgIpc) is 2.32. The fourth-order valence-corrected chi connectivity index (χ4v) is 2.24. The summed E-state index contributed by atoms with van der Waals surface area (Å²) in [5.74, 6) is -0.988. The topological polar surface area (TPSA) is 78.6 Å². The molecule has 5 nitrogen and oxygen atoms in total. The summed E-state index contributed by atoms with van der Waals surface area (Å²) in [6.45, 7) is 2.17. The van der Waals surface area contributed by atoms with Crippen LogP contribution >= 0.6 is 0 Å². The van der Waals surface area contributed by atoms with Gasteiger partial charge in [0.05, 0.1) is 5.56 Å². The Hall–Kier alpha value is -1.75. The van der Waals surface area contributed by atoms with E-state index in [0.29, 0.717) is 11.7 Å². The molecule has 5 heteroatoms. The number of hydrogen-bond donors (Lipinski definition) is 3. The molecule has 1 heterocycles. The summed E-state index contributed by atoms with van der Waals surface area (Å²) in [6.07, 6.45) is 2.19. The van der Waals surface area contributed by atoms with Crippen LogP contribution in [0.3, 0.4) is 0 Å². The first kappa shape index (κ1) is 12.7. The molecule has 1 fully saturated rings. The van der Waals surface area contributed by atoms with E-state index in [1.807, 2.05) is 0 Å². The molecular weight excluding hydrogens is 230 g/mol. The third kappa shape index (κ3) is 2.92. The number of carboxylic acids is 1. The summed E-state index contributed by atoms with van der Waals surface area (Å²) in [7, 11) is 2.12. The second kappa shape index (κ2) is 5.27. The molecule has 0 unspecified atom stereocenters. The lowest BCUT2D eigenvalue weighted by Crippen LogP contribution is -2.36. The summed E-state index contributed by atoms with van der Waals surface area (Å²) < 4.78 is 0. The number of benzene rings is 1. The minimum Gasteiger partial charge on any atom is -0.478 e. The summed E-state index contributed by atoms with van der Waals surface area (Å²) >= 11 is 0. The lowest BCUT2D eigenvalue weighted by atomic mass is 10.0. The monoisotopic (exact) mass is 249 g/mol. The van der Waals surface area contributed by atoms with Crippen molar-refractivity contribution in [3.63, 3.8) is 0 Å². The van der Waals surface area contributed by atoms with Gasteiger partial charge in [-0.3, -0.25) is 0 Å². The van der Waals surface area contributed by atoms with E-state index in [-0.39, 0.29) is 5.56 Å². The molecule has 1 aromatic carbocycles. The second-order valence-corrected chi connectivity index (χ2v) is 4.83. The van der Waals surface area contributed by atoms with Gasteiger partial charge in [0.1, 0.15) is 0 Å². The van der Waals surface area contributed by atoms with Crippen molar-refractivity contribution in [2.75, 3.05) is 31.2 Å². The first-order valence-electron chi connectivity index (χ1n) is 6.14. The largest absolute Gasteiger partial charge is 0.478 e. The molecule has 0 aliphatic carbocycles. The number of carboxylic acid groups (broad SMARTS) is 1. The van der Waals surface area contributed by atoms with Gasteiger partial charge in [0.15, 0.2) is 0 Å². The Morgan fingerprint density at radius 2 is 2.11 bits per heavy atom. The van der Waals surface area contributed by atoms with Crippen LogP contribution in [0.2, 0.25) is 0 Å². The van der Waals surface area contributed by atoms with Gasteiger partial charge in [-0.15, -0.1) is 0 Å². The van der Waals surface area contributed by atoms with Gasteiger partial charge >= 0.3 is 5.97 Å². The smallest absolute Gasteiger partial charge is 0.337 e. The molecule has 0 aromatic heterocycles. The molecule has 0 amide bonds. The van der Waals surface area contributed by atoms with Crippen molar-refractivity contribution >= 4 is 17.3 Å². The molecule has 18 heavy (non-hydrogen) atoms. The quantitative estimate of drug-likeness (QED) is 0.707. The maximum Gasteiger partial charge on any atom is 0.337 e. The highest BCUT2D eigenvalue weighted by molar-refractivity contribution is 5.94. The van der Waals surface area contributed by atoms with Crippen LogP contribution in [0.1, 0.15) is 23.2 Å². The molecule has 1 aliphatic heterocycles. The van der Waals surface area contributed by atoms with Gasteiger partial charge in [-0.05, 0) is 51.2 Å². The zero-order chi connectivity index (χ0) is 13.1. The summed E-state index contributed by atoms with van der Waals surface area (Å²) in [5, 5.41) is 12.3. The number of carbonyl (C=O) groups is 1. The van der Waals surface area contributed by atoms with Crippen molar-refractivity contribution in [3.8, 4) is 0 Å². The third-order valence-electron chi connectivity index (χ3n) is 3.37. The Balaban J connectivity index is 2.02. The van der Waals surface area contributed by atoms with Crippen molar-refractivity contribution in [1.82, 2.24) is 4.90 Å². The Morgan fingerprint density at radius 3 is 2.67 bits per heavy atom. The van der Waals surface area contributed by atoms with Crippen LogP contribution in [-0.4, -0.2) is 42.2 Å². The van der Waals surface area contributed by atoms with Gasteiger partial charge in [-0.25, -0.2) is 4.79 Å². The standard InChI is InChI=1S/C13H19N3O2/c1-16-6-4-9(5-7-16)15-10-2-3-11(13(17)18)12(14)8-10/h2-3,8-9,15H,4-7,14H2,1H3,(H,17,18). The molecule has 2 rings (SSSR count). The predicted octanol–water partition coefficient (Wildman–Crippen LogP) is 1.47. The third-order valence-corrected chi connectivity index (χ3v) is 3.37. The van der Waals surface area contributed by atoms with E-state index in [9.17, 15) is 4.79 Å². The minimum absolute atomic E-state index is 0.156. The van der Waals surface area contributed by atoms with Crippen LogP contribution in [0.25, 0.3) is 0 Å². The number of anilines is 2. The van der Waals surface area contributed by atoms with Gasteiger partial charge in [-0.2, -0.15) is 0 Å². The van der Waals surface area contributed by atoms with Gasteiger partial charge in [0.25, 0.3) is 0 Å². The fourth-order valence-electron chi connectivity index (χ4n) is 2.24. The highest BCUT2D eigenvalue weighted by Gasteiger charge is 2.16. The number of likely N-dealkylation sites (tertiary alicyclic amines) is 1. The van der Waals surface area contributed by atoms with E-state index in [0.717, 1.165) is 31.6 Å². The highest BCUT2D eigenvalue weighted by atomic mass is 16.4. The molecule has 0 spiro atoms. The summed E-state index contributed by atoms with van der Waals surface area (Å²) in [5.41, 5.74) is 7.08. The molecule has 0 atom stereocenters. The molecule has 0 radical (unpaired) electrons. The van der Waals surface area contributed by atoms with Crippen LogP contribution in [0.4, 0.5) is 11.4 Å². The van der Waals surface area contributed by atoms with Crippen molar-refractivity contribution < 1.29 is 9.90 Å². The van der Waals surface area contributed by atoms with E-state index < -0.39 is 5.97 Å². The van der Waals surface area contributed by atoms with E-state index in [1.165, 1.54) is 0 Å². The Labute approximate surface area is 107 Å². The normalized spacial score (nSPS) is 17.6. The number of nitrogens with one attached hydrogen (secondary N) is 1. The number of nitrogen functional groups attached to an aromatic ring is 1. The molecule has 1 aromatic rings. The zero-order valence-corrected chi connectivity index (χ0v) is 10.5. The maximum absolute atomic E-state index is 10.9. The van der Waals surface area contributed by atoms with Crippen molar-refractivity contribution in [3.05, 3.63) is 23.8 Å². The van der Waals surface area contributed by atoms with Crippen molar-refractivity contribution in [2.45, 2.75) is 18.9 Å². The number of nitrogens with zero attached hydrogens (tertiary/aromatic N) is 1. The van der Waals surface area contributed by atoms with Gasteiger partial charge in [0.2, 0.25) is 0 Å². The van der Waals surface area contributed by atoms with E-state index in [4.69, 9.17) is 10.8 Å². The average molecular weight is 249 g/mol. The maximum atomic E-state index is 10.9. The van der Waals surface area contributed by atoms with Crippen LogP contribution in [0, 0.1) is 0 Å². The van der Waals surface area contributed by atoms with E-state index >= 15 is 0 Å². The molecular formula is C13H19N3O2. The molecule has 4 N–H and O–H groups in total. The number of hydrogen-bond acceptors (Lipinski definition) is 4. The number of aromatic carboxylic acids is 1. The Bertz CT molecular complexity index is 440. The Kier molecular flexibility index (Phi) is 3.72. The molecule has 0 saturated carbocycles. The summed E-state index contributed by atoms with van der Waals surface area (Å²) in [6, 6.07) is 5.46. The predicted molar refractivity (Wildman–Crippen MR) is 72.0 cm³/mol. The van der Waals surface area contributed by atoms with Crippen LogP contribution in [0.15, 0.2) is 18.2 Å². The Morgan fingerprint density at radius 1 is 1.44 bits per heavy atom. The van der Waals surface area contributed by atoms with E-state index in [1.54, 1.807) is 18.2 Å². The van der Waals surface area contributed by atoms with Gasteiger partial charge in [-0.1, -0.05) is 0 Å². The number of rotatable bonds is 3. The van der Waals surface area contributed by atoms with Crippen LogP contribution in [-0.2, 0) is 0 Å². The zero-order valence-electron chi connectivity index (χ0n) is 10.5. The molecule has 0 bridgehead atoms. The SMILES string of the molecule is CN1CCC(Nc2ccc(C(=O)O)c(N)c2)CC1. The minimum atomic E-state index is -0.988. The lowest BCUT2D eigenvalue weighted by molar-refractivity contribution is 0.0698. The molecule has 98 valence electrons. The first-order valence-corrected chi connectivity index (χ1v) is 6.14. The van der Waals surface area contributed by atoms with Gasteiger partial charge in [0, 0.05) is 17.4 Å². The number of piperidine rings is 1. The first-order chi connectivity index (χ1) is 8.56. The second-order valence-electron chi connectivity index (χ2n) is 4.83. The van der Waals surface area contributed by atoms with Crippen LogP contribution in [0.5, 0.6) is 0 Å². The molecule has 1 saturated heterocycles. The van der Waals surface area contributed by atoms with E-state index in [2.05, 4.69) is 17.3 Å².